The smallest absolute Gasteiger partial charge is 0.410 e. The lowest BCUT2D eigenvalue weighted by Gasteiger charge is -2.31. The molecule has 3 aromatic heterocycles. The molecule has 42 heavy (non-hydrogen) atoms. The Labute approximate surface area is 245 Å². The third kappa shape index (κ3) is 5.44. The van der Waals surface area contributed by atoms with E-state index in [4.69, 9.17) is 9.72 Å². The maximum atomic E-state index is 13.2. The molecule has 11 heteroatoms. The molecule has 2 bridgehead atoms. The number of ketones is 1. The summed E-state index contributed by atoms with van der Waals surface area (Å²) in [6, 6.07) is 5.57. The number of carbonyl (C=O) groups is 3. The maximum absolute atomic E-state index is 13.2. The van der Waals surface area contributed by atoms with Crippen LogP contribution in [-0.4, -0.2) is 66.4 Å². The highest BCUT2D eigenvalue weighted by Gasteiger charge is 2.44. The highest BCUT2D eigenvalue weighted by Crippen LogP contribution is 2.36. The first kappa shape index (κ1) is 28.1. The first-order valence-electron chi connectivity index (χ1n) is 15.1. The maximum Gasteiger partial charge on any atom is 0.410 e. The molecule has 0 aromatic carbocycles. The second-order valence-electron chi connectivity index (χ2n) is 12.6. The SMILES string of the molecule is CCC(=O)c1cc2cnc(Nc3ccc(N4C[C@H]5CC[C@@H](CC4=O)N5C(=O)OC(C)(C)C)cn3)nc2n1C1CCCC1. The topological polar surface area (TPSA) is 123 Å². The van der Waals surface area contributed by atoms with Crippen molar-refractivity contribution in [3.63, 3.8) is 0 Å². The molecule has 3 aromatic rings. The summed E-state index contributed by atoms with van der Waals surface area (Å²) in [4.78, 5) is 56.2. The normalized spacial score (nSPS) is 21.2. The van der Waals surface area contributed by atoms with Crippen LogP contribution >= 0.6 is 0 Å². The largest absolute Gasteiger partial charge is 0.444 e. The van der Waals surface area contributed by atoms with E-state index in [0.717, 1.165) is 49.6 Å². The lowest BCUT2D eigenvalue weighted by atomic mass is 10.1. The first-order valence-corrected chi connectivity index (χ1v) is 15.1. The summed E-state index contributed by atoms with van der Waals surface area (Å²) >= 11 is 0. The number of nitrogens with zero attached hydrogens (tertiary/aromatic N) is 6. The van der Waals surface area contributed by atoms with Gasteiger partial charge < -0.3 is 19.5 Å². The van der Waals surface area contributed by atoms with Gasteiger partial charge in [0.05, 0.1) is 23.6 Å². The summed E-state index contributed by atoms with van der Waals surface area (Å²) in [7, 11) is 0. The molecule has 1 saturated carbocycles. The van der Waals surface area contributed by atoms with Gasteiger partial charge in [-0.15, -0.1) is 0 Å². The van der Waals surface area contributed by atoms with Gasteiger partial charge in [-0.2, -0.15) is 4.98 Å². The number of rotatable bonds is 6. The molecule has 5 heterocycles. The molecule has 0 unspecified atom stereocenters. The van der Waals surface area contributed by atoms with E-state index in [1.807, 2.05) is 39.8 Å². The predicted molar refractivity (Wildman–Crippen MR) is 159 cm³/mol. The van der Waals surface area contributed by atoms with Gasteiger partial charge in [0.15, 0.2) is 5.78 Å². The second kappa shape index (κ2) is 11.0. The zero-order valence-electron chi connectivity index (χ0n) is 24.8. The number of carbonyl (C=O) groups excluding carboxylic acids is 3. The van der Waals surface area contributed by atoms with E-state index < -0.39 is 5.60 Å². The van der Waals surface area contributed by atoms with Crippen LogP contribution in [0.4, 0.5) is 22.2 Å². The van der Waals surface area contributed by atoms with Gasteiger partial charge in [0.25, 0.3) is 0 Å². The Balaban J connectivity index is 1.20. The molecule has 0 radical (unpaired) electrons. The van der Waals surface area contributed by atoms with E-state index in [2.05, 4.69) is 19.9 Å². The molecule has 1 aliphatic carbocycles. The Bertz CT molecular complexity index is 1500. The summed E-state index contributed by atoms with van der Waals surface area (Å²) in [6.07, 6.45) is 9.75. The van der Waals surface area contributed by atoms with Crippen LogP contribution < -0.4 is 10.2 Å². The summed E-state index contributed by atoms with van der Waals surface area (Å²) < 4.78 is 7.76. The van der Waals surface area contributed by atoms with E-state index in [1.54, 1.807) is 28.3 Å². The van der Waals surface area contributed by atoms with Crippen molar-refractivity contribution in [3.05, 3.63) is 36.3 Å². The minimum Gasteiger partial charge on any atom is -0.444 e. The highest BCUT2D eigenvalue weighted by molar-refractivity contribution is 5.99. The molecule has 222 valence electrons. The lowest BCUT2D eigenvalue weighted by Crippen LogP contribution is -2.45. The second-order valence-corrected chi connectivity index (χ2v) is 12.6. The van der Waals surface area contributed by atoms with Crippen molar-refractivity contribution in [2.24, 2.45) is 0 Å². The Kier molecular flexibility index (Phi) is 7.36. The van der Waals surface area contributed by atoms with Gasteiger partial charge in [0.2, 0.25) is 11.9 Å². The Morgan fingerprint density at radius 3 is 2.48 bits per heavy atom. The third-order valence-corrected chi connectivity index (χ3v) is 8.50. The number of pyridine rings is 1. The third-order valence-electron chi connectivity index (χ3n) is 8.50. The Hall–Kier alpha value is -4.02. The average molecular weight is 574 g/mol. The first-order chi connectivity index (χ1) is 20.1. The molecule has 2 atom stereocenters. The number of nitrogens with one attached hydrogen (secondary N) is 1. The molecule has 6 rings (SSSR count). The van der Waals surface area contributed by atoms with Gasteiger partial charge in [0.1, 0.15) is 17.1 Å². The van der Waals surface area contributed by atoms with E-state index in [-0.39, 0.29) is 42.3 Å². The summed E-state index contributed by atoms with van der Waals surface area (Å²) in [5.74, 6) is 1.02. The predicted octanol–water partition coefficient (Wildman–Crippen LogP) is 5.78. The van der Waals surface area contributed by atoms with Crippen LogP contribution in [0.5, 0.6) is 0 Å². The number of hydrogen-bond donors (Lipinski definition) is 1. The Morgan fingerprint density at radius 2 is 1.79 bits per heavy atom. The van der Waals surface area contributed by atoms with Crippen molar-refractivity contribution in [1.82, 2.24) is 24.4 Å². The molecule has 2 aliphatic heterocycles. The van der Waals surface area contributed by atoms with Gasteiger partial charge in [-0.05, 0) is 64.7 Å². The quantitative estimate of drug-likeness (QED) is 0.368. The summed E-state index contributed by atoms with van der Waals surface area (Å²) in [5, 5.41) is 4.04. The minimum absolute atomic E-state index is 0.0304. The van der Waals surface area contributed by atoms with E-state index in [0.29, 0.717) is 36.1 Å². The lowest BCUT2D eigenvalue weighted by molar-refractivity contribution is -0.119. The van der Waals surface area contributed by atoms with Crippen LogP contribution in [0.25, 0.3) is 11.0 Å². The minimum atomic E-state index is -0.595. The molecule has 1 N–H and O–H groups in total. The van der Waals surface area contributed by atoms with Crippen LogP contribution in [0.2, 0.25) is 0 Å². The summed E-state index contributed by atoms with van der Waals surface area (Å²) in [5.41, 5.74) is 1.54. The molecule has 3 fully saturated rings. The van der Waals surface area contributed by atoms with Gasteiger partial charge >= 0.3 is 6.09 Å². The molecular weight excluding hydrogens is 534 g/mol. The summed E-state index contributed by atoms with van der Waals surface area (Å²) in [6.45, 7) is 7.84. The number of hydrogen-bond acceptors (Lipinski definition) is 8. The molecule has 2 saturated heterocycles. The molecule has 2 amide bonds. The zero-order chi connectivity index (χ0) is 29.6. The zero-order valence-corrected chi connectivity index (χ0v) is 24.8. The van der Waals surface area contributed by atoms with Gasteiger partial charge in [0, 0.05) is 43.1 Å². The van der Waals surface area contributed by atoms with Gasteiger partial charge in [-0.1, -0.05) is 19.8 Å². The fraction of sp³-hybridized carbons (Fsp3) is 0.548. The van der Waals surface area contributed by atoms with Crippen LogP contribution in [0.3, 0.4) is 0 Å². The standard InChI is InChI=1S/C31H39N7O4/c1-5-25(39)24-14-19-16-33-29(35-28(19)38(24)20-8-6-7-9-20)34-26-13-12-22(17-32-26)36-18-23-11-10-21(15-27(36)40)37(23)30(41)42-31(2,3)4/h12-14,16-17,20-21,23H,5-11,15,18H2,1-4H3,(H,32,33,34,35)/t21-,23+/m0/s1. The number of aromatic nitrogens is 4. The number of anilines is 3. The van der Waals surface area contributed by atoms with E-state index in [9.17, 15) is 14.4 Å². The molecule has 3 aliphatic rings. The van der Waals surface area contributed by atoms with Crippen molar-refractivity contribution in [3.8, 4) is 0 Å². The number of Topliss-reactive ketones (excluding diaryl/α,β-unsaturated/α-hetero) is 1. The number of amides is 2. The van der Waals surface area contributed by atoms with E-state index in [1.165, 1.54) is 0 Å². The van der Waals surface area contributed by atoms with Crippen molar-refractivity contribution in [1.29, 1.82) is 0 Å². The van der Waals surface area contributed by atoms with Gasteiger partial charge in [-0.25, -0.2) is 14.8 Å². The van der Waals surface area contributed by atoms with Crippen molar-refractivity contribution < 1.29 is 19.1 Å². The molecule has 11 nitrogen and oxygen atoms in total. The average Bonchev–Trinajstić information content (AvgIpc) is 3.67. The Morgan fingerprint density at radius 1 is 1.02 bits per heavy atom. The van der Waals surface area contributed by atoms with Crippen molar-refractivity contribution in [2.75, 3.05) is 16.8 Å². The van der Waals surface area contributed by atoms with Crippen LogP contribution in [0.15, 0.2) is 30.6 Å². The van der Waals surface area contributed by atoms with E-state index >= 15 is 0 Å². The molecule has 0 spiro atoms. The van der Waals surface area contributed by atoms with Crippen LogP contribution in [-0.2, 0) is 9.53 Å². The fourth-order valence-electron chi connectivity index (χ4n) is 6.56. The van der Waals surface area contributed by atoms with Crippen LogP contribution in [0, 0.1) is 0 Å². The highest BCUT2D eigenvalue weighted by atomic mass is 16.6. The van der Waals surface area contributed by atoms with Crippen molar-refractivity contribution in [2.45, 2.75) is 103 Å². The van der Waals surface area contributed by atoms with Crippen LogP contribution in [0.1, 0.15) is 95.6 Å². The fourth-order valence-corrected chi connectivity index (χ4v) is 6.56. The number of ether oxygens (including phenoxy) is 1. The van der Waals surface area contributed by atoms with Gasteiger partial charge in [-0.3, -0.25) is 14.5 Å². The molecular formula is C31H39N7O4. The van der Waals surface area contributed by atoms with Crippen molar-refractivity contribution >= 4 is 46.3 Å². The monoisotopic (exact) mass is 573 g/mol. The number of fused-ring (bicyclic) bond motifs is 3.